The number of guanidine groups is 1. The molecule has 0 saturated carbocycles. The van der Waals surface area contributed by atoms with Gasteiger partial charge >= 0.3 is 6.61 Å². The normalized spacial score (nSPS) is 11.0. The van der Waals surface area contributed by atoms with Crippen LogP contribution >= 0.6 is 24.0 Å². The van der Waals surface area contributed by atoms with Crippen molar-refractivity contribution in [3.63, 3.8) is 0 Å². The minimum atomic E-state index is -2.83. The molecule has 0 aliphatic heterocycles. The van der Waals surface area contributed by atoms with Gasteiger partial charge in [-0.1, -0.05) is 29.8 Å². The Morgan fingerprint density at radius 1 is 1.14 bits per heavy atom. The van der Waals surface area contributed by atoms with E-state index in [0.29, 0.717) is 19.0 Å². The van der Waals surface area contributed by atoms with Crippen LogP contribution in [0.5, 0.6) is 11.5 Å². The van der Waals surface area contributed by atoms with E-state index in [1.54, 1.807) is 26.3 Å². The molecule has 0 unspecified atom stereocenters. The first kappa shape index (κ1) is 23.9. The summed E-state index contributed by atoms with van der Waals surface area (Å²) in [5, 5.41) is 6.39. The van der Waals surface area contributed by atoms with Crippen molar-refractivity contribution < 1.29 is 18.3 Å². The lowest BCUT2D eigenvalue weighted by Gasteiger charge is -2.14. The lowest BCUT2D eigenvalue weighted by atomic mass is 10.1. The number of methoxy groups -OCH3 is 1. The molecular weight excluding hydrogens is 479 g/mol. The van der Waals surface area contributed by atoms with Crippen LogP contribution in [-0.2, 0) is 13.0 Å². The van der Waals surface area contributed by atoms with Gasteiger partial charge in [-0.05, 0) is 42.7 Å². The molecule has 5 nitrogen and oxygen atoms in total. The monoisotopic (exact) mass is 505 g/mol. The van der Waals surface area contributed by atoms with Gasteiger partial charge in [0.25, 0.3) is 0 Å². The van der Waals surface area contributed by atoms with Gasteiger partial charge in [0.1, 0.15) is 11.5 Å². The Morgan fingerprint density at radius 2 is 1.93 bits per heavy atom. The third-order valence-electron chi connectivity index (χ3n) is 3.93. The van der Waals surface area contributed by atoms with Crippen LogP contribution in [-0.4, -0.2) is 33.3 Å². The van der Waals surface area contributed by atoms with E-state index in [1.165, 1.54) is 11.6 Å². The van der Waals surface area contributed by atoms with Crippen LogP contribution in [0.2, 0.25) is 0 Å². The van der Waals surface area contributed by atoms with E-state index in [1.807, 2.05) is 25.1 Å². The van der Waals surface area contributed by atoms with Crippen molar-refractivity contribution >= 4 is 29.9 Å². The Bertz CT molecular complexity index is 773. The molecule has 0 aliphatic carbocycles. The average molecular weight is 505 g/mol. The van der Waals surface area contributed by atoms with Crippen molar-refractivity contribution in [2.24, 2.45) is 4.99 Å². The highest BCUT2D eigenvalue weighted by Crippen LogP contribution is 2.19. The van der Waals surface area contributed by atoms with Crippen molar-refractivity contribution in [2.45, 2.75) is 26.5 Å². The smallest absolute Gasteiger partial charge is 0.387 e. The molecule has 0 amide bonds. The zero-order valence-corrected chi connectivity index (χ0v) is 18.5. The van der Waals surface area contributed by atoms with E-state index < -0.39 is 6.61 Å². The second-order valence-corrected chi connectivity index (χ2v) is 5.94. The minimum Gasteiger partial charge on any atom is -0.496 e. The summed E-state index contributed by atoms with van der Waals surface area (Å²) in [4.78, 5) is 4.18. The molecule has 0 bridgehead atoms. The number of halogens is 3. The lowest BCUT2D eigenvalue weighted by Crippen LogP contribution is -2.37. The molecule has 0 saturated heterocycles. The van der Waals surface area contributed by atoms with Crippen LogP contribution in [0.4, 0.5) is 8.78 Å². The number of nitrogens with zero attached hydrogens (tertiary/aromatic N) is 1. The van der Waals surface area contributed by atoms with Crippen molar-refractivity contribution in [2.75, 3.05) is 20.7 Å². The maximum Gasteiger partial charge on any atom is 0.387 e. The molecule has 8 heteroatoms. The Kier molecular flexibility index (Phi) is 10.6. The predicted octanol–water partition coefficient (Wildman–Crippen LogP) is 4.13. The maximum atomic E-state index is 12.3. The largest absolute Gasteiger partial charge is 0.496 e. The fourth-order valence-corrected chi connectivity index (χ4v) is 2.66. The van der Waals surface area contributed by atoms with E-state index in [4.69, 9.17) is 4.74 Å². The number of hydrogen-bond acceptors (Lipinski definition) is 3. The van der Waals surface area contributed by atoms with Gasteiger partial charge < -0.3 is 20.1 Å². The highest BCUT2D eigenvalue weighted by atomic mass is 127. The molecule has 0 radical (unpaired) electrons. The van der Waals surface area contributed by atoms with Gasteiger partial charge in [-0.3, -0.25) is 4.99 Å². The Labute approximate surface area is 181 Å². The SMILES string of the molecule is CN=C(NCCc1cc(C)ccc1OC)NCc1cccc(OC(F)F)c1.I. The fraction of sp³-hybridized carbons (Fsp3) is 0.350. The van der Waals surface area contributed by atoms with E-state index in [-0.39, 0.29) is 29.7 Å². The van der Waals surface area contributed by atoms with E-state index in [0.717, 1.165) is 23.3 Å². The number of aliphatic imine (C=N–C) groups is 1. The van der Waals surface area contributed by atoms with E-state index >= 15 is 0 Å². The molecular formula is C20H26F2IN3O2. The molecule has 0 heterocycles. The summed E-state index contributed by atoms with van der Waals surface area (Å²) in [5.74, 6) is 1.63. The standard InChI is InChI=1S/C20H25F2N3O2.HI/c1-14-7-8-18(26-3)16(11-14)9-10-24-20(23-2)25-13-15-5-4-6-17(12-15)27-19(21)22;/h4-8,11-12,19H,9-10,13H2,1-3H3,(H2,23,24,25);1H. The molecule has 0 atom stereocenters. The lowest BCUT2D eigenvalue weighted by molar-refractivity contribution is -0.0498. The molecule has 28 heavy (non-hydrogen) atoms. The second-order valence-electron chi connectivity index (χ2n) is 5.94. The first-order valence-corrected chi connectivity index (χ1v) is 8.63. The number of hydrogen-bond donors (Lipinski definition) is 2. The van der Waals surface area contributed by atoms with Crippen molar-refractivity contribution in [3.05, 3.63) is 59.2 Å². The van der Waals surface area contributed by atoms with Crippen LogP contribution < -0.4 is 20.1 Å². The van der Waals surface area contributed by atoms with Gasteiger partial charge in [0, 0.05) is 20.1 Å². The van der Waals surface area contributed by atoms with Crippen LogP contribution in [0.1, 0.15) is 16.7 Å². The number of rotatable bonds is 8. The molecule has 0 aromatic heterocycles. The zero-order valence-electron chi connectivity index (χ0n) is 16.2. The average Bonchev–Trinajstić information content (AvgIpc) is 2.64. The quantitative estimate of drug-likeness (QED) is 0.322. The predicted molar refractivity (Wildman–Crippen MR) is 118 cm³/mol. The van der Waals surface area contributed by atoms with Gasteiger partial charge in [0.2, 0.25) is 0 Å². The fourth-order valence-electron chi connectivity index (χ4n) is 2.66. The molecule has 2 aromatic carbocycles. The van der Waals surface area contributed by atoms with Crippen molar-refractivity contribution in [1.82, 2.24) is 10.6 Å². The summed E-state index contributed by atoms with van der Waals surface area (Å²) in [6, 6.07) is 12.7. The van der Waals surface area contributed by atoms with Gasteiger partial charge in [-0.15, -0.1) is 24.0 Å². The summed E-state index contributed by atoms with van der Waals surface area (Å²) in [5.41, 5.74) is 3.12. The molecule has 2 N–H and O–H groups in total. The number of alkyl halides is 2. The van der Waals surface area contributed by atoms with E-state index in [2.05, 4.69) is 26.4 Å². The maximum absolute atomic E-state index is 12.3. The van der Waals surface area contributed by atoms with Crippen molar-refractivity contribution in [1.29, 1.82) is 0 Å². The molecule has 0 spiro atoms. The van der Waals surface area contributed by atoms with Gasteiger partial charge in [-0.2, -0.15) is 8.78 Å². The minimum absolute atomic E-state index is 0. The Hall–Kier alpha value is -2.10. The molecule has 154 valence electrons. The highest BCUT2D eigenvalue weighted by molar-refractivity contribution is 14.0. The third-order valence-corrected chi connectivity index (χ3v) is 3.93. The zero-order chi connectivity index (χ0) is 19.6. The number of ether oxygens (including phenoxy) is 2. The third kappa shape index (κ3) is 7.87. The summed E-state index contributed by atoms with van der Waals surface area (Å²) < 4.78 is 34.4. The van der Waals surface area contributed by atoms with Crippen LogP contribution in [0, 0.1) is 6.92 Å². The molecule has 0 aliphatic rings. The van der Waals surface area contributed by atoms with Crippen molar-refractivity contribution in [3.8, 4) is 11.5 Å². The topological polar surface area (TPSA) is 54.9 Å². The molecule has 2 rings (SSSR count). The summed E-state index contributed by atoms with van der Waals surface area (Å²) >= 11 is 0. The van der Waals surface area contributed by atoms with Gasteiger partial charge in [-0.25, -0.2) is 0 Å². The number of aryl methyl sites for hydroxylation is 1. The number of nitrogens with one attached hydrogen (secondary N) is 2. The molecule has 2 aromatic rings. The Morgan fingerprint density at radius 3 is 2.61 bits per heavy atom. The second kappa shape index (κ2) is 12.4. The van der Waals surface area contributed by atoms with Gasteiger partial charge in [0.05, 0.1) is 7.11 Å². The summed E-state index contributed by atoms with van der Waals surface area (Å²) in [6.07, 6.45) is 0.781. The van der Waals surface area contributed by atoms with E-state index in [9.17, 15) is 8.78 Å². The Balaban J connectivity index is 0.00000392. The first-order chi connectivity index (χ1) is 13.0. The first-order valence-electron chi connectivity index (χ1n) is 8.63. The molecule has 0 fully saturated rings. The van der Waals surface area contributed by atoms with Crippen LogP contribution in [0.3, 0.4) is 0 Å². The number of benzene rings is 2. The van der Waals surface area contributed by atoms with Crippen LogP contribution in [0.25, 0.3) is 0 Å². The van der Waals surface area contributed by atoms with Crippen LogP contribution in [0.15, 0.2) is 47.5 Å². The highest BCUT2D eigenvalue weighted by Gasteiger charge is 2.06. The van der Waals surface area contributed by atoms with Gasteiger partial charge in [0.15, 0.2) is 5.96 Å². The summed E-state index contributed by atoms with van der Waals surface area (Å²) in [6.45, 7) is 0.325. The summed E-state index contributed by atoms with van der Waals surface area (Å²) in [7, 11) is 3.34.